The lowest BCUT2D eigenvalue weighted by molar-refractivity contribution is 0.403. The summed E-state index contributed by atoms with van der Waals surface area (Å²) in [7, 11) is 1.58. The number of hydrogen-bond acceptors (Lipinski definition) is 5. The molecule has 4 nitrogen and oxygen atoms in total. The third-order valence-corrected chi connectivity index (χ3v) is 4.72. The van der Waals surface area contributed by atoms with Gasteiger partial charge in [0.2, 0.25) is 0 Å². The largest absolute Gasteiger partial charge is 0.507 e. The maximum Gasteiger partial charge on any atom is 0.137 e. The molecule has 3 rings (SSSR count). The Bertz CT molecular complexity index is 788. The molecule has 0 aliphatic heterocycles. The number of fused-ring (bicyclic) bond motifs is 1. The van der Waals surface area contributed by atoms with Gasteiger partial charge in [-0.25, -0.2) is 4.98 Å². The number of phenolic OH excluding ortho intramolecular Hbond substituents is 1. The molecule has 0 radical (unpaired) electrons. The maximum absolute atomic E-state index is 9.86. The van der Waals surface area contributed by atoms with Crippen LogP contribution in [0.4, 0.5) is 5.69 Å². The molecule has 2 N–H and O–H groups in total. The minimum absolute atomic E-state index is 0.170. The number of nitrogens with zero attached hydrogens (tertiary/aromatic N) is 1. The van der Waals surface area contributed by atoms with Crippen LogP contribution in [0, 0.1) is 0 Å². The first kappa shape index (κ1) is 14.2. The van der Waals surface area contributed by atoms with Crippen molar-refractivity contribution in [2.75, 3.05) is 12.4 Å². The van der Waals surface area contributed by atoms with Gasteiger partial charge < -0.3 is 15.2 Å². The number of ether oxygens (including phenoxy) is 1. The molecule has 0 amide bonds. The summed E-state index contributed by atoms with van der Waals surface area (Å²) in [4.78, 5) is 4.26. The van der Waals surface area contributed by atoms with Crippen molar-refractivity contribution in [2.24, 2.45) is 0 Å². The summed E-state index contributed by atoms with van der Waals surface area (Å²) in [6.45, 7) is 0.599. The number of halogens is 1. The first-order valence-electron chi connectivity index (χ1n) is 6.30. The fourth-order valence-corrected chi connectivity index (χ4v) is 3.17. The molecule has 0 aliphatic rings. The van der Waals surface area contributed by atoms with Gasteiger partial charge in [0.05, 0.1) is 22.8 Å². The van der Waals surface area contributed by atoms with E-state index < -0.39 is 0 Å². The maximum atomic E-state index is 9.86. The van der Waals surface area contributed by atoms with Gasteiger partial charge in [-0.2, -0.15) is 0 Å². The quantitative estimate of drug-likeness (QED) is 0.720. The smallest absolute Gasteiger partial charge is 0.137 e. The average Bonchev–Trinajstić information content (AvgIpc) is 2.95. The number of anilines is 1. The van der Waals surface area contributed by atoms with E-state index in [1.54, 1.807) is 24.5 Å². The van der Waals surface area contributed by atoms with E-state index in [0.29, 0.717) is 16.8 Å². The van der Waals surface area contributed by atoms with E-state index in [1.807, 2.05) is 23.7 Å². The van der Waals surface area contributed by atoms with Crippen molar-refractivity contribution in [1.82, 2.24) is 4.98 Å². The van der Waals surface area contributed by atoms with Gasteiger partial charge in [0.1, 0.15) is 16.0 Å². The van der Waals surface area contributed by atoms with Crippen LogP contribution in [0.25, 0.3) is 10.2 Å². The summed E-state index contributed by atoms with van der Waals surface area (Å²) < 4.78 is 6.94. The Balaban J connectivity index is 1.79. The summed E-state index contributed by atoms with van der Waals surface area (Å²) in [6, 6.07) is 9.67. The van der Waals surface area contributed by atoms with Crippen molar-refractivity contribution in [3.8, 4) is 11.5 Å². The number of hydrogen-bond donors (Lipinski definition) is 2. The van der Waals surface area contributed by atoms with Crippen LogP contribution in [0.1, 0.15) is 5.56 Å². The SMILES string of the molecule is COc1cc(CNc2ccc3ncsc3c2)cc(O)c1Br. The zero-order valence-electron chi connectivity index (χ0n) is 11.3. The Kier molecular flexibility index (Phi) is 3.98. The molecule has 0 bridgehead atoms. The summed E-state index contributed by atoms with van der Waals surface area (Å²) in [6.07, 6.45) is 0. The molecular formula is C15H13BrN2O2S. The molecular weight excluding hydrogens is 352 g/mol. The molecule has 6 heteroatoms. The van der Waals surface area contributed by atoms with Gasteiger partial charge in [0, 0.05) is 12.2 Å². The van der Waals surface area contributed by atoms with Crippen LogP contribution in [0.5, 0.6) is 11.5 Å². The number of rotatable bonds is 4. The van der Waals surface area contributed by atoms with Crippen molar-refractivity contribution in [2.45, 2.75) is 6.54 Å². The highest BCUT2D eigenvalue weighted by molar-refractivity contribution is 9.10. The number of benzene rings is 2. The molecule has 0 saturated carbocycles. The predicted molar refractivity (Wildman–Crippen MR) is 89.3 cm³/mol. The number of aromatic nitrogens is 1. The van der Waals surface area contributed by atoms with Crippen LogP contribution < -0.4 is 10.1 Å². The van der Waals surface area contributed by atoms with E-state index in [2.05, 4.69) is 32.3 Å². The zero-order valence-corrected chi connectivity index (χ0v) is 13.7. The summed E-state index contributed by atoms with van der Waals surface area (Å²) in [5.74, 6) is 0.786. The molecule has 3 aromatic rings. The van der Waals surface area contributed by atoms with Crippen LogP contribution in [-0.2, 0) is 6.54 Å². The van der Waals surface area contributed by atoms with Crippen molar-refractivity contribution < 1.29 is 9.84 Å². The van der Waals surface area contributed by atoms with Gasteiger partial charge in [-0.15, -0.1) is 11.3 Å². The summed E-state index contributed by atoms with van der Waals surface area (Å²) >= 11 is 4.91. The highest BCUT2D eigenvalue weighted by Crippen LogP contribution is 2.35. The van der Waals surface area contributed by atoms with Crippen LogP contribution in [-0.4, -0.2) is 17.2 Å². The molecule has 0 saturated heterocycles. The van der Waals surface area contributed by atoms with Gasteiger partial charge in [0.25, 0.3) is 0 Å². The standard InChI is InChI=1S/C15H13BrN2O2S/c1-20-13-5-9(4-12(19)15(13)16)7-17-10-2-3-11-14(6-10)21-8-18-11/h2-6,8,17,19H,7H2,1H3. The molecule has 1 aromatic heterocycles. The Hall–Kier alpha value is -1.79. The number of aromatic hydroxyl groups is 1. The second-order valence-electron chi connectivity index (χ2n) is 4.52. The fraction of sp³-hybridized carbons (Fsp3) is 0.133. The minimum Gasteiger partial charge on any atom is -0.507 e. The van der Waals surface area contributed by atoms with Crippen LogP contribution >= 0.6 is 27.3 Å². The summed E-state index contributed by atoms with van der Waals surface area (Å²) in [5.41, 5.74) is 4.81. The minimum atomic E-state index is 0.170. The Labute approximate surface area is 134 Å². The van der Waals surface area contributed by atoms with Crippen molar-refractivity contribution in [1.29, 1.82) is 0 Å². The lowest BCUT2D eigenvalue weighted by atomic mass is 10.2. The molecule has 0 spiro atoms. The van der Waals surface area contributed by atoms with E-state index in [-0.39, 0.29) is 5.75 Å². The topological polar surface area (TPSA) is 54.4 Å². The molecule has 0 unspecified atom stereocenters. The Morgan fingerprint density at radius 2 is 2.19 bits per heavy atom. The first-order valence-corrected chi connectivity index (χ1v) is 7.97. The second kappa shape index (κ2) is 5.91. The van der Waals surface area contributed by atoms with Crippen molar-refractivity contribution in [3.63, 3.8) is 0 Å². The Morgan fingerprint density at radius 3 is 3.00 bits per heavy atom. The monoisotopic (exact) mass is 364 g/mol. The summed E-state index contributed by atoms with van der Waals surface area (Å²) in [5, 5.41) is 13.2. The van der Waals surface area contributed by atoms with Gasteiger partial charge >= 0.3 is 0 Å². The molecule has 1 heterocycles. The normalized spacial score (nSPS) is 10.8. The molecule has 0 aliphatic carbocycles. The van der Waals surface area contributed by atoms with Gasteiger partial charge in [-0.3, -0.25) is 0 Å². The zero-order chi connectivity index (χ0) is 14.8. The first-order chi connectivity index (χ1) is 10.2. The van der Waals surface area contributed by atoms with Gasteiger partial charge in [-0.1, -0.05) is 0 Å². The Morgan fingerprint density at radius 1 is 1.33 bits per heavy atom. The number of phenols is 1. The fourth-order valence-electron chi connectivity index (χ4n) is 2.06. The molecule has 0 atom stereocenters. The third-order valence-electron chi connectivity index (χ3n) is 3.13. The molecule has 0 fully saturated rings. The van der Waals surface area contributed by atoms with E-state index >= 15 is 0 Å². The van der Waals surface area contributed by atoms with Crippen molar-refractivity contribution >= 4 is 43.2 Å². The predicted octanol–water partition coefficient (Wildman–Crippen LogP) is 4.39. The van der Waals surface area contributed by atoms with Gasteiger partial charge in [0.15, 0.2) is 0 Å². The van der Waals surface area contributed by atoms with E-state index in [9.17, 15) is 5.11 Å². The second-order valence-corrected chi connectivity index (χ2v) is 6.20. The number of methoxy groups -OCH3 is 1. The van der Waals surface area contributed by atoms with Crippen LogP contribution in [0.2, 0.25) is 0 Å². The lowest BCUT2D eigenvalue weighted by Gasteiger charge is -2.10. The van der Waals surface area contributed by atoms with E-state index in [1.165, 1.54) is 0 Å². The van der Waals surface area contributed by atoms with E-state index in [0.717, 1.165) is 21.5 Å². The highest BCUT2D eigenvalue weighted by atomic mass is 79.9. The molecule has 2 aromatic carbocycles. The van der Waals surface area contributed by atoms with Crippen LogP contribution in [0.3, 0.4) is 0 Å². The molecule has 21 heavy (non-hydrogen) atoms. The number of nitrogens with one attached hydrogen (secondary N) is 1. The molecule has 108 valence electrons. The van der Waals surface area contributed by atoms with Crippen LogP contribution in [0.15, 0.2) is 40.3 Å². The van der Waals surface area contributed by atoms with Crippen molar-refractivity contribution in [3.05, 3.63) is 45.9 Å². The highest BCUT2D eigenvalue weighted by Gasteiger charge is 2.08. The average molecular weight is 365 g/mol. The lowest BCUT2D eigenvalue weighted by Crippen LogP contribution is -2.00. The third kappa shape index (κ3) is 2.96. The number of thiazole rings is 1. The van der Waals surface area contributed by atoms with E-state index in [4.69, 9.17) is 4.74 Å². The van der Waals surface area contributed by atoms with Gasteiger partial charge in [-0.05, 0) is 51.8 Å².